The Bertz CT molecular complexity index is 1790. The molecule has 2 aromatic heterocycles. The number of carboxylic acid groups (broad SMARTS) is 1. The van der Waals surface area contributed by atoms with Crippen LogP contribution in [0, 0.1) is 35.9 Å². The number of carbonyl (C=O) groups is 1. The van der Waals surface area contributed by atoms with Crippen molar-refractivity contribution < 1.29 is 19.0 Å². The number of ether oxygens (including phenoxy) is 1. The molecule has 4 atom stereocenters. The molecule has 8 nitrogen and oxygen atoms in total. The Hall–Kier alpha value is -4.46. The van der Waals surface area contributed by atoms with Crippen LogP contribution in [0.3, 0.4) is 0 Å². The minimum atomic E-state index is -0.936. The number of rotatable bonds is 11. The number of fused-ring (bicyclic) bond motifs is 1. The van der Waals surface area contributed by atoms with E-state index >= 15 is 0 Å². The van der Waals surface area contributed by atoms with Gasteiger partial charge < -0.3 is 9.84 Å². The first kappa shape index (κ1) is 34.9. The lowest BCUT2D eigenvalue weighted by Gasteiger charge is -2.31. The van der Waals surface area contributed by atoms with Crippen LogP contribution in [0.4, 0.5) is 10.1 Å². The van der Waals surface area contributed by atoms with E-state index in [1.807, 2.05) is 43.8 Å². The molecule has 2 unspecified atom stereocenters. The number of aliphatic imine (C=N–C) groups is 1. The van der Waals surface area contributed by atoms with E-state index < -0.39 is 11.8 Å². The molecule has 0 spiro atoms. The quantitative estimate of drug-likeness (QED) is 0.160. The van der Waals surface area contributed by atoms with E-state index in [-0.39, 0.29) is 17.7 Å². The van der Waals surface area contributed by atoms with Gasteiger partial charge in [0.15, 0.2) is 0 Å². The molecule has 1 N–H and O–H groups in total. The number of likely N-dealkylation sites (tertiary alicyclic amines) is 1. The average molecular weight is 668 g/mol. The van der Waals surface area contributed by atoms with Crippen molar-refractivity contribution in [1.29, 1.82) is 5.26 Å². The first-order chi connectivity index (χ1) is 23.2. The summed E-state index contributed by atoms with van der Waals surface area (Å²) in [5.41, 5.74) is 6.48. The molecule has 3 heterocycles. The molecule has 1 saturated carbocycles. The van der Waals surface area contributed by atoms with Gasteiger partial charge in [-0.05, 0) is 93.5 Å². The van der Waals surface area contributed by atoms with Gasteiger partial charge in [0.25, 0.3) is 0 Å². The van der Waals surface area contributed by atoms with Gasteiger partial charge in [-0.2, -0.15) is 5.26 Å². The summed E-state index contributed by atoms with van der Waals surface area (Å²) in [7, 11) is 0. The normalized spacial score (nSPS) is 20.2. The third-order valence-corrected chi connectivity index (χ3v) is 9.98. The minimum Gasteiger partial charge on any atom is -0.478 e. The molecule has 0 amide bonds. The van der Waals surface area contributed by atoms with E-state index in [0.29, 0.717) is 35.2 Å². The summed E-state index contributed by atoms with van der Waals surface area (Å²) in [5, 5.41) is 18.1. The third-order valence-electron chi connectivity index (χ3n) is 9.14. The summed E-state index contributed by atoms with van der Waals surface area (Å²) in [5.74, 6) is 0.449. The van der Waals surface area contributed by atoms with Crippen LogP contribution in [0.2, 0.25) is 0 Å². The molecule has 4 aromatic rings. The highest BCUT2D eigenvalue weighted by Crippen LogP contribution is 2.55. The summed E-state index contributed by atoms with van der Waals surface area (Å²) in [4.78, 5) is 28.7. The van der Waals surface area contributed by atoms with Gasteiger partial charge in [0.05, 0.1) is 28.4 Å². The van der Waals surface area contributed by atoms with Crippen molar-refractivity contribution in [3.63, 3.8) is 0 Å². The van der Waals surface area contributed by atoms with Gasteiger partial charge in [-0.3, -0.25) is 14.9 Å². The first-order valence-electron chi connectivity index (χ1n) is 16.5. The lowest BCUT2D eigenvalue weighted by atomic mass is 9.91. The molecule has 0 bridgehead atoms. The molecule has 1 aliphatic carbocycles. The number of nitriles is 1. The predicted octanol–water partition coefficient (Wildman–Crippen LogP) is 8.38. The molecule has 1 aliphatic heterocycles. The largest absolute Gasteiger partial charge is 0.478 e. The zero-order valence-corrected chi connectivity index (χ0v) is 28.7. The second-order valence-corrected chi connectivity index (χ2v) is 13.6. The van der Waals surface area contributed by atoms with Crippen LogP contribution < -0.4 is 4.74 Å². The highest BCUT2D eigenvalue weighted by atomic mass is 32.1. The molecule has 2 fully saturated rings. The molecule has 48 heavy (non-hydrogen) atoms. The standard InChI is InChI=1S/C31H31FN4O3.C7H11NS/c1-18-13-22(31(37)38)9-10-26(18)34-19(2)16-36-12-11-24(29-20(3)30(29)36)27-5-4-6-28(35-27)39-17-23-8-7-21(15-33)14-25(23)32;1-2-3-4-7-5-8-6-9-7/h4-10,13-14,20,24,29-30H,11-12,16-17H2,1-3H3,(H,37,38);5-6H,2-4H2,1H3/t20-,24+,29?,30?;/m1./s1. The Morgan fingerprint density at radius 1 is 1.23 bits per heavy atom. The van der Waals surface area contributed by atoms with E-state index in [2.05, 4.69) is 23.7 Å². The van der Waals surface area contributed by atoms with Gasteiger partial charge in [0, 0.05) is 52.6 Å². The monoisotopic (exact) mass is 667 g/mol. The van der Waals surface area contributed by atoms with Crippen molar-refractivity contribution in [2.45, 2.75) is 71.9 Å². The van der Waals surface area contributed by atoms with Crippen LogP contribution in [0.25, 0.3) is 0 Å². The highest BCUT2D eigenvalue weighted by molar-refractivity contribution is 7.09. The number of thiazole rings is 1. The zero-order chi connectivity index (χ0) is 34.2. The van der Waals surface area contributed by atoms with Crippen LogP contribution in [0.5, 0.6) is 5.88 Å². The predicted molar refractivity (Wildman–Crippen MR) is 187 cm³/mol. The third kappa shape index (κ3) is 8.71. The zero-order valence-electron chi connectivity index (χ0n) is 27.9. The minimum absolute atomic E-state index is 0.0476. The van der Waals surface area contributed by atoms with Crippen LogP contribution in [0.15, 0.2) is 71.3 Å². The number of aromatic nitrogens is 2. The molecule has 1 saturated heterocycles. The van der Waals surface area contributed by atoms with Crippen LogP contribution in [-0.2, 0) is 13.0 Å². The van der Waals surface area contributed by atoms with Gasteiger partial charge in [-0.15, -0.1) is 11.3 Å². The number of hydrogen-bond acceptors (Lipinski definition) is 8. The summed E-state index contributed by atoms with van der Waals surface area (Å²) < 4.78 is 20.1. The molecule has 2 aliphatic rings. The fourth-order valence-corrected chi connectivity index (χ4v) is 7.24. The molecule has 6 rings (SSSR count). The number of carboxylic acids is 1. The Balaban J connectivity index is 0.000000434. The van der Waals surface area contributed by atoms with Crippen molar-refractivity contribution in [3.05, 3.63) is 105 Å². The van der Waals surface area contributed by atoms with Gasteiger partial charge in [0.2, 0.25) is 5.88 Å². The Kier molecular flexibility index (Phi) is 11.7. The number of halogens is 1. The summed E-state index contributed by atoms with van der Waals surface area (Å²) in [6, 6.07) is 17.6. The van der Waals surface area contributed by atoms with E-state index in [9.17, 15) is 14.3 Å². The maximum Gasteiger partial charge on any atom is 0.335 e. The SMILES string of the molecule is CC(CN1CC[C@@H](c2cccc(OCc3ccc(C#N)cc3F)n2)C2C1[C@@H]2C)=Nc1ccc(C(=O)O)cc1C.CCCCc1cncs1. The number of benzene rings is 2. The number of pyridine rings is 1. The van der Waals surface area contributed by atoms with Crippen molar-refractivity contribution in [1.82, 2.24) is 14.9 Å². The molecule has 250 valence electrons. The number of hydrogen-bond donors (Lipinski definition) is 1. The number of aromatic carboxylic acids is 1. The number of nitrogens with zero attached hydrogens (tertiary/aromatic N) is 5. The second kappa shape index (κ2) is 16.1. The molecule has 10 heteroatoms. The summed E-state index contributed by atoms with van der Waals surface area (Å²) >= 11 is 1.75. The molecule has 2 aromatic carbocycles. The fourth-order valence-electron chi connectivity index (χ4n) is 6.60. The van der Waals surface area contributed by atoms with E-state index in [4.69, 9.17) is 20.0 Å². The smallest absolute Gasteiger partial charge is 0.335 e. The fraction of sp³-hybridized carbons (Fsp3) is 0.395. The Morgan fingerprint density at radius 2 is 2.06 bits per heavy atom. The maximum absolute atomic E-state index is 14.2. The second-order valence-electron chi connectivity index (χ2n) is 12.6. The molecule has 0 radical (unpaired) electrons. The van der Waals surface area contributed by atoms with Crippen LogP contribution in [0.1, 0.15) is 83.6 Å². The van der Waals surface area contributed by atoms with E-state index in [1.165, 1.54) is 30.2 Å². The van der Waals surface area contributed by atoms with Gasteiger partial charge in [-0.25, -0.2) is 14.2 Å². The lowest BCUT2D eigenvalue weighted by molar-refractivity contribution is 0.0696. The average Bonchev–Trinajstić information content (AvgIpc) is 3.47. The van der Waals surface area contributed by atoms with Crippen molar-refractivity contribution in [3.8, 4) is 11.9 Å². The maximum atomic E-state index is 14.2. The topological polar surface area (TPSA) is 112 Å². The Morgan fingerprint density at radius 3 is 2.75 bits per heavy atom. The van der Waals surface area contributed by atoms with Gasteiger partial charge in [0.1, 0.15) is 12.4 Å². The molecular formula is C38H42FN5O3S. The van der Waals surface area contributed by atoms with Crippen molar-refractivity contribution in [2.75, 3.05) is 13.1 Å². The Labute approximate surface area is 286 Å². The number of piperidine rings is 1. The van der Waals surface area contributed by atoms with Crippen LogP contribution in [-0.4, -0.2) is 50.8 Å². The van der Waals surface area contributed by atoms with Gasteiger partial charge in [-0.1, -0.05) is 32.4 Å². The number of unbranched alkanes of at least 4 members (excludes halogenated alkanes) is 1. The molecular weight excluding hydrogens is 626 g/mol. The van der Waals surface area contributed by atoms with Gasteiger partial charge >= 0.3 is 5.97 Å². The van der Waals surface area contributed by atoms with E-state index in [0.717, 1.165) is 42.2 Å². The summed E-state index contributed by atoms with van der Waals surface area (Å²) in [6.07, 6.45) is 6.72. The lowest BCUT2D eigenvalue weighted by Crippen LogP contribution is -2.38. The van der Waals surface area contributed by atoms with Crippen molar-refractivity contribution >= 4 is 28.7 Å². The summed E-state index contributed by atoms with van der Waals surface area (Å²) in [6.45, 7) is 10.2. The van der Waals surface area contributed by atoms with Crippen LogP contribution >= 0.6 is 11.3 Å². The van der Waals surface area contributed by atoms with Crippen molar-refractivity contribution in [2.24, 2.45) is 16.8 Å². The number of aryl methyl sites for hydroxylation is 2. The van der Waals surface area contributed by atoms with E-state index in [1.54, 1.807) is 47.7 Å². The highest BCUT2D eigenvalue weighted by Gasteiger charge is 2.57. The first-order valence-corrected chi connectivity index (χ1v) is 17.3.